The zero-order valence-electron chi connectivity index (χ0n) is 17.1. The topological polar surface area (TPSA) is 98.8 Å². The van der Waals surface area contributed by atoms with E-state index in [0.717, 1.165) is 0 Å². The van der Waals surface area contributed by atoms with Gasteiger partial charge in [0.05, 0.1) is 19.6 Å². The van der Waals surface area contributed by atoms with Crippen molar-refractivity contribution in [2.24, 2.45) is 23.2 Å². The lowest BCUT2D eigenvalue weighted by molar-refractivity contribution is -0.150. The van der Waals surface area contributed by atoms with Gasteiger partial charge in [-0.05, 0) is 17.8 Å². The van der Waals surface area contributed by atoms with Crippen molar-refractivity contribution < 1.29 is 28.7 Å². The number of hydrogen-bond acceptors (Lipinski definition) is 6. The van der Waals surface area contributed by atoms with Crippen LogP contribution in [0.4, 0.5) is 0 Å². The normalized spacial score (nSPS) is 20.3. The first kappa shape index (κ1) is 23.3. The zero-order valence-corrected chi connectivity index (χ0v) is 17.1. The minimum Gasteiger partial charge on any atom is -0.465 e. The maximum atomic E-state index is 12.8. The molecule has 27 heavy (non-hydrogen) atoms. The third-order valence-electron chi connectivity index (χ3n) is 4.46. The van der Waals surface area contributed by atoms with Crippen LogP contribution in [0.3, 0.4) is 0 Å². The Labute approximate surface area is 161 Å². The van der Waals surface area contributed by atoms with Gasteiger partial charge in [0.25, 0.3) is 5.91 Å². The van der Waals surface area contributed by atoms with Crippen LogP contribution in [0.25, 0.3) is 0 Å². The van der Waals surface area contributed by atoms with Gasteiger partial charge in [-0.3, -0.25) is 19.2 Å². The molecule has 7 heteroatoms. The Hall–Kier alpha value is -1.76. The molecule has 0 aliphatic carbocycles. The Balaban J connectivity index is 2.73. The third kappa shape index (κ3) is 8.65. The number of ketones is 2. The minimum absolute atomic E-state index is 0.0177. The fourth-order valence-electron chi connectivity index (χ4n) is 2.81. The highest BCUT2D eigenvalue weighted by Gasteiger charge is 2.33. The predicted octanol–water partition coefficient (Wildman–Crippen LogP) is 1.92. The number of ether oxygens (including phenoxy) is 2. The largest absolute Gasteiger partial charge is 0.465 e. The molecule has 0 radical (unpaired) electrons. The summed E-state index contributed by atoms with van der Waals surface area (Å²) in [5.41, 5.74) is -0.149. The molecule has 1 amide bonds. The van der Waals surface area contributed by atoms with Crippen molar-refractivity contribution >= 4 is 23.4 Å². The summed E-state index contributed by atoms with van der Waals surface area (Å²) in [4.78, 5) is 49.1. The fraction of sp³-hybridized carbons (Fsp3) is 0.800. The van der Waals surface area contributed by atoms with Gasteiger partial charge in [0.2, 0.25) is 5.78 Å². The second-order valence-corrected chi connectivity index (χ2v) is 8.66. The highest BCUT2D eigenvalue weighted by atomic mass is 16.5. The molecule has 1 aliphatic heterocycles. The van der Waals surface area contributed by atoms with Crippen molar-refractivity contribution in [1.29, 1.82) is 0 Å². The summed E-state index contributed by atoms with van der Waals surface area (Å²) in [6.45, 7) is 10.8. The van der Waals surface area contributed by atoms with E-state index in [4.69, 9.17) is 9.47 Å². The highest BCUT2D eigenvalue weighted by molar-refractivity contribution is 6.37. The Morgan fingerprint density at radius 1 is 1.22 bits per heavy atom. The molecule has 0 aromatic rings. The van der Waals surface area contributed by atoms with Crippen molar-refractivity contribution in [3.8, 4) is 0 Å². The molecule has 1 rings (SSSR count). The van der Waals surface area contributed by atoms with Crippen molar-refractivity contribution in [2.45, 2.75) is 53.9 Å². The summed E-state index contributed by atoms with van der Waals surface area (Å²) in [6.07, 6.45) is 0.235. The molecule has 0 aromatic carbocycles. The first-order valence-electron chi connectivity index (χ1n) is 9.59. The zero-order chi connectivity index (χ0) is 20.6. The maximum Gasteiger partial charge on any atom is 0.306 e. The Morgan fingerprint density at radius 2 is 1.89 bits per heavy atom. The van der Waals surface area contributed by atoms with Crippen LogP contribution in [0.5, 0.6) is 0 Å². The van der Waals surface area contributed by atoms with Crippen LogP contribution in [0.1, 0.15) is 53.9 Å². The molecule has 0 saturated carbocycles. The maximum absolute atomic E-state index is 12.8. The van der Waals surface area contributed by atoms with Gasteiger partial charge in [0, 0.05) is 31.4 Å². The molecule has 0 bridgehead atoms. The van der Waals surface area contributed by atoms with Gasteiger partial charge < -0.3 is 14.8 Å². The molecule has 7 nitrogen and oxygen atoms in total. The van der Waals surface area contributed by atoms with Crippen LogP contribution in [0.15, 0.2) is 0 Å². The second-order valence-electron chi connectivity index (χ2n) is 8.66. The van der Waals surface area contributed by atoms with Gasteiger partial charge in [-0.15, -0.1) is 0 Å². The van der Waals surface area contributed by atoms with Crippen LogP contribution in [0, 0.1) is 23.2 Å². The fourth-order valence-corrected chi connectivity index (χ4v) is 2.81. The summed E-state index contributed by atoms with van der Waals surface area (Å²) in [6, 6.07) is 0. The van der Waals surface area contributed by atoms with Crippen molar-refractivity contribution in [1.82, 2.24) is 5.32 Å². The average Bonchev–Trinajstić information content (AvgIpc) is 2.63. The molecule has 2 atom stereocenters. The predicted molar refractivity (Wildman–Crippen MR) is 99.9 cm³/mol. The van der Waals surface area contributed by atoms with E-state index in [1.807, 2.05) is 34.6 Å². The number of rotatable bonds is 7. The molecule has 1 saturated heterocycles. The number of amides is 1. The lowest BCUT2D eigenvalue weighted by Gasteiger charge is -2.23. The van der Waals surface area contributed by atoms with Gasteiger partial charge in [-0.2, -0.15) is 0 Å². The van der Waals surface area contributed by atoms with E-state index in [1.165, 1.54) is 0 Å². The van der Waals surface area contributed by atoms with E-state index >= 15 is 0 Å². The lowest BCUT2D eigenvalue weighted by atomic mass is 9.82. The monoisotopic (exact) mass is 383 g/mol. The number of carbonyl (C=O) groups excluding carboxylic acids is 4. The lowest BCUT2D eigenvalue weighted by Crippen LogP contribution is -2.37. The van der Waals surface area contributed by atoms with Crippen LogP contribution < -0.4 is 5.32 Å². The van der Waals surface area contributed by atoms with E-state index in [1.54, 1.807) is 0 Å². The quantitative estimate of drug-likeness (QED) is 0.533. The first-order chi connectivity index (χ1) is 12.5. The average molecular weight is 383 g/mol. The Morgan fingerprint density at radius 3 is 2.48 bits per heavy atom. The molecular weight excluding hydrogens is 350 g/mol. The van der Waals surface area contributed by atoms with Crippen molar-refractivity contribution in [3.05, 3.63) is 0 Å². The summed E-state index contributed by atoms with van der Waals surface area (Å²) in [5, 5.41) is 2.49. The number of hydrogen-bond donors (Lipinski definition) is 1. The summed E-state index contributed by atoms with van der Waals surface area (Å²) in [5.74, 6) is -3.21. The third-order valence-corrected chi connectivity index (χ3v) is 4.46. The summed E-state index contributed by atoms with van der Waals surface area (Å²) in [7, 11) is 0. The number of carbonyl (C=O) groups is 4. The molecule has 1 fully saturated rings. The van der Waals surface area contributed by atoms with Crippen molar-refractivity contribution in [3.63, 3.8) is 0 Å². The highest BCUT2D eigenvalue weighted by Crippen LogP contribution is 2.24. The smallest absolute Gasteiger partial charge is 0.306 e. The van der Waals surface area contributed by atoms with E-state index in [0.29, 0.717) is 19.6 Å². The van der Waals surface area contributed by atoms with Gasteiger partial charge in [0.1, 0.15) is 5.78 Å². The van der Waals surface area contributed by atoms with Crippen LogP contribution >= 0.6 is 0 Å². The van der Waals surface area contributed by atoms with Crippen LogP contribution in [0.2, 0.25) is 0 Å². The van der Waals surface area contributed by atoms with Crippen LogP contribution in [-0.4, -0.2) is 49.8 Å². The SMILES string of the molecule is CC(C)C(CC(=O)OCC(C)(C)C)C(=O)CC1CCOCCNC(=O)C1=O. The van der Waals surface area contributed by atoms with E-state index < -0.39 is 29.5 Å². The van der Waals surface area contributed by atoms with E-state index in [2.05, 4.69) is 5.32 Å². The Bertz CT molecular complexity index is 549. The molecule has 0 aromatic heterocycles. The summed E-state index contributed by atoms with van der Waals surface area (Å²) >= 11 is 0. The summed E-state index contributed by atoms with van der Waals surface area (Å²) < 4.78 is 10.6. The van der Waals surface area contributed by atoms with Crippen molar-refractivity contribution in [2.75, 3.05) is 26.4 Å². The molecular formula is C20H33NO6. The minimum atomic E-state index is -0.720. The first-order valence-corrected chi connectivity index (χ1v) is 9.59. The van der Waals surface area contributed by atoms with Gasteiger partial charge >= 0.3 is 5.97 Å². The Kier molecular flexibility index (Phi) is 9.09. The van der Waals surface area contributed by atoms with E-state index in [-0.39, 0.29) is 43.1 Å². The van der Waals surface area contributed by atoms with Gasteiger partial charge in [0.15, 0.2) is 0 Å². The number of nitrogens with one attached hydrogen (secondary N) is 1. The molecule has 154 valence electrons. The number of Topliss-reactive ketones (excluding diaryl/α,β-unsaturated/α-hetero) is 2. The van der Waals surface area contributed by atoms with Gasteiger partial charge in [-0.1, -0.05) is 34.6 Å². The molecule has 2 unspecified atom stereocenters. The molecule has 0 spiro atoms. The molecule has 1 N–H and O–H groups in total. The standard InChI is InChI=1S/C20H33NO6/c1-13(2)15(11-17(23)27-12-20(3,4)5)16(22)10-14-6-8-26-9-7-21-19(25)18(14)24/h13-15H,6-12H2,1-5H3,(H,21,25). The molecule has 1 aliphatic rings. The van der Waals surface area contributed by atoms with E-state index in [9.17, 15) is 19.2 Å². The van der Waals surface area contributed by atoms with Crippen LogP contribution in [-0.2, 0) is 28.7 Å². The van der Waals surface area contributed by atoms with Gasteiger partial charge in [-0.25, -0.2) is 0 Å². The molecule has 1 heterocycles. The number of esters is 1. The second kappa shape index (κ2) is 10.5.